The Labute approximate surface area is 166 Å². The Morgan fingerprint density at radius 3 is 2.56 bits per heavy atom. The van der Waals surface area contributed by atoms with Crippen molar-refractivity contribution in [2.45, 2.75) is 13.5 Å². The summed E-state index contributed by atoms with van der Waals surface area (Å²) in [6.07, 6.45) is 0. The molecule has 0 aliphatic carbocycles. The summed E-state index contributed by atoms with van der Waals surface area (Å²) in [4.78, 5) is 29.5. The molecule has 0 saturated carbocycles. The Hall–Kier alpha value is -2.09. The lowest BCUT2D eigenvalue weighted by atomic mass is 10.1. The van der Waals surface area contributed by atoms with Gasteiger partial charge in [-0.1, -0.05) is 17.7 Å². The molecule has 6 nitrogen and oxygen atoms in total. The minimum atomic E-state index is -0.619. The molecule has 1 aliphatic rings. The maximum atomic E-state index is 12.3. The van der Waals surface area contributed by atoms with E-state index in [0.29, 0.717) is 18.7 Å². The highest BCUT2D eigenvalue weighted by atomic mass is 35.5. The quantitative estimate of drug-likeness (QED) is 0.770. The highest BCUT2D eigenvalue weighted by Gasteiger charge is 2.22. The number of esters is 1. The molecule has 0 radical (unpaired) electrons. The van der Waals surface area contributed by atoms with E-state index >= 15 is 0 Å². The second-order valence-electron chi connectivity index (χ2n) is 6.44. The first kappa shape index (κ1) is 19.7. The van der Waals surface area contributed by atoms with Crippen LogP contribution < -0.4 is 0 Å². The SMILES string of the molecule is Cc1ccc(C(=O)OCC(=O)N2CCN(Cc3ccc(Cl)s3)CC2)cc1O. The molecule has 27 heavy (non-hydrogen) atoms. The van der Waals surface area contributed by atoms with Gasteiger partial charge < -0.3 is 14.7 Å². The van der Waals surface area contributed by atoms with E-state index in [2.05, 4.69) is 4.90 Å². The van der Waals surface area contributed by atoms with E-state index in [9.17, 15) is 14.7 Å². The molecule has 144 valence electrons. The van der Waals surface area contributed by atoms with Crippen molar-refractivity contribution < 1.29 is 19.4 Å². The molecule has 0 bridgehead atoms. The number of hydrogen-bond acceptors (Lipinski definition) is 6. The zero-order valence-electron chi connectivity index (χ0n) is 15.0. The van der Waals surface area contributed by atoms with Gasteiger partial charge in [0.2, 0.25) is 0 Å². The molecule has 3 rings (SSSR count). The lowest BCUT2D eigenvalue weighted by molar-refractivity contribution is -0.136. The van der Waals surface area contributed by atoms with Crippen LogP contribution in [0.5, 0.6) is 5.75 Å². The number of carbonyl (C=O) groups is 2. The second kappa shape index (κ2) is 8.73. The first-order valence-corrected chi connectivity index (χ1v) is 9.83. The van der Waals surface area contributed by atoms with Crippen LogP contribution in [0.3, 0.4) is 0 Å². The molecule has 1 aromatic carbocycles. The van der Waals surface area contributed by atoms with E-state index in [1.807, 2.05) is 12.1 Å². The van der Waals surface area contributed by atoms with Gasteiger partial charge in [0.1, 0.15) is 5.75 Å². The number of aromatic hydroxyl groups is 1. The van der Waals surface area contributed by atoms with Crippen molar-refractivity contribution in [1.82, 2.24) is 9.80 Å². The molecule has 0 unspecified atom stereocenters. The Balaban J connectivity index is 1.43. The smallest absolute Gasteiger partial charge is 0.338 e. The minimum absolute atomic E-state index is 0.0268. The van der Waals surface area contributed by atoms with Gasteiger partial charge in [0.15, 0.2) is 6.61 Å². The highest BCUT2D eigenvalue weighted by molar-refractivity contribution is 7.16. The summed E-state index contributed by atoms with van der Waals surface area (Å²) >= 11 is 7.52. The first-order valence-electron chi connectivity index (χ1n) is 8.63. The van der Waals surface area contributed by atoms with E-state index in [1.54, 1.807) is 35.3 Å². The third-order valence-electron chi connectivity index (χ3n) is 4.50. The maximum Gasteiger partial charge on any atom is 0.338 e. The lowest BCUT2D eigenvalue weighted by Crippen LogP contribution is -2.49. The number of halogens is 1. The number of amides is 1. The van der Waals surface area contributed by atoms with Gasteiger partial charge in [-0.25, -0.2) is 4.79 Å². The van der Waals surface area contributed by atoms with Crippen molar-refractivity contribution in [3.8, 4) is 5.75 Å². The van der Waals surface area contributed by atoms with Gasteiger partial charge in [-0.3, -0.25) is 9.69 Å². The van der Waals surface area contributed by atoms with E-state index in [-0.39, 0.29) is 23.8 Å². The molecular weight excluding hydrogens is 388 g/mol. The topological polar surface area (TPSA) is 70.1 Å². The molecule has 1 saturated heterocycles. The van der Waals surface area contributed by atoms with Gasteiger partial charge in [0.05, 0.1) is 9.90 Å². The molecule has 8 heteroatoms. The van der Waals surface area contributed by atoms with Crippen LogP contribution in [0.1, 0.15) is 20.8 Å². The standard InChI is InChI=1S/C19H21ClN2O4S/c1-13-2-3-14(10-16(13)23)19(25)26-12-18(24)22-8-6-21(7-9-22)11-15-4-5-17(20)27-15/h2-5,10,23H,6-9,11-12H2,1H3. The van der Waals surface area contributed by atoms with Crippen LogP contribution in [-0.4, -0.2) is 59.6 Å². The summed E-state index contributed by atoms with van der Waals surface area (Å²) in [5.41, 5.74) is 0.899. The fourth-order valence-corrected chi connectivity index (χ4v) is 3.98. The van der Waals surface area contributed by atoms with E-state index in [4.69, 9.17) is 16.3 Å². The van der Waals surface area contributed by atoms with Crippen LogP contribution in [0.15, 0.2) is 30.3 Å². The van der Waals surface area contributed by atoms with Crippen molar-refractivity contribution in [2.24, 2.45) is 0 Å². The predicted molar refractivity (Wildman–Crippen MR) is 104 cm³/mol. The van der Waals surface area contributed by atoms with Gasteiger partial charge in [0.25, 0.3) is 5.91 Å². The highest BCUT2D eigenvalue weighted by Crippen LogP contribution is 2.23. The summed E-state index contributed by atoms with van der Waals surface area (Å²) < 4.78 is 5.88. The number of hydrogen-bond donors (Lipinski definition) is 1. The Bertz CT molecular complexity index is 831. The van der Waals surface area contributed by atoms with Crippen molar-refractivity contribution in [3.63, 3.8) is 0 Å². The van der Waals surface area contributed by atoms with Gasteiger partial charge in [-0.05, 0) is 36.8 Å². The van der Waals surface area contributed by atoms with Gasteiger partial charge >= 0.3 is 5.97 Å². The maximum absolute atomic E-state index is 12.3. The Kier molecular flexibility index (Phi) is 6.36. The third-order valence-corrected chi connectivity index (χ3v) is 5.72. The fourth-order valence-electron chi connectivity index (χ4n) is 2.85. The van der Waals surface area contributed by atoms with Crippen molar-refractivity contribution in [2.75, 3.05) is 32.8 Å². The summed E-state index contributed by atoms with van der Waals surface area (Å²) in [5.74, 6) is -0.802. The number of ether oxygens (including phenoxy) is 1. The van der Waals surface area contributed by atoms with E-state index in [1.165, 1.54) is 10.9 Å². The Morgan fingerprint density at radius 1 is 1.19 bits per heavy atom. The van der Waals surface area contributed by atoms with Crippen LogP contribution in [0, 0.1) is 6.92 Å². The van der Waals surface area contributed by atoms with Crippen molar-refractivity contribution in [3.05, 3.63) is 50.7 Å². The number of nitrogens with zero attached hydrogens (tertiary/aromatic N) is 2. The second-order valence-corrected chi connectivity index (χ2v) is 8.24. The largest absolute Gasteiger partial charge is 0.508 e. The third kappa shape index (κ3) is 5.22. The predicted octanol–water partition coefficient (Wildman–Crippen LogP) is 2.92. The fraction of sp³-hybridized carbons (Fsp3) is 0.368. The monoisotopic (exact) mass is 408 g/mol. The van der Waals surface area contributed by atoms with Crippen molar-refractivity contribution in [1.29, 1.82) is 0 Å². The van der Waals surface area contributed by atoms with Gasteiger partial charge in [-0.15, -0.1) is 11.3 Å². The molecule has 1 aliphatic heterocycles. The van der Waals surface area contributed by atoms with Crippen molar-refractivity contribution >= 4 is 34.8 Å². The zero-order chi connectivity index (χ0) is 19.4. The van der Waals surface area contributed by atoms with Crippen LogP contribution in [0.25, 0.3) is 0 Å². The minimum Gasteiger partial charge on any atom is -0.508 e. The van der Waals surface area contributed by atoms with Gasteiger partial charge in [0, 0.05) is 37.6 Å². The molecule has 1 amide bonds. The molecule has 0 atom stereocenters. The number of rotatable bonds is 5. The summed E-state index contributed by atoms with van der Waals surface area (Å²) in [6.45, 7) is 4.99. The number of thiophene rings is 1. The van der Waals surface area contributed by atoms with Crippen LogP contribution >= 0.6 is 22.9 Å². The van der Waals surface area contributed by atoms with E-state index < -0.39 is 5.97 Å². The number of piperazine rings is 1. The molecule has 1 fully saturated rings. The van der Waals surface area contributed by atoms with Crippen LogP contribution in [0.4, 0.5) is 0 Å². The summed E-state index contributed by atoms with van der Waals surface area (Å²) in [7, 11) is 0. The van der Waals surface area contributed by atoms with Crippen LogP contribution in [-0.2, 0) is 16.1 Å². The lowest BCUT2D eigenvalue weighted by Gasteiger charge is -2.34. The number of benzene rings is 1. The average molecular weight is 409 g/mol. The molecule has 2 heterocycles. The zero-order valence-corrected chi connectivity index (χ0v) is 16.6. The number of phenols is 1. The molecule has 2 aromatic rings. The number of phenolic OH excluding ortho intramolecular Hbond substituents is 1. The normalized spacial score (nSPS) is 15.0. The molecular formula is C19H21ClN2O4S. The average Bonchev–Trinajstić information content (AvgIpc) is 3.07. The molecule has 0 spiro atoms. The first-order chi connectivity index (χ1) is 12.9. The summed E-state index contributed by atoms with van der Waals surface area (Å²) in [6, 6.07) is 8.46. The van der Waals surface area contributed by atoms with Gasteiger partial charge in [-0.2, -0.15) is 0 Å². The number of carbonyl (C=O) groups excluding carboxylic acids is 2. The van der Waals surface area contributed by atoms with Crippen LogP contribution in [0.2, 0.25) is 4.34 Å². The summed E-state index contributed by atoms with van der Waals surface area (Å²) in [5, 5.41) is 9.67. The molecule has 1 N–H and O–H groups in total. The Morgan fingerprint density at radius 2 is 1.93 bits per heavy atom. The van der Waals surface area contributed by atoms with E-state index in [0.717, 1.165) is 24.0 Å². The molecule has 1 aromatic heterocycles. The number of aryl methyl sites for hydroxylation is 1.